The Hall–Kier alpha value is -1.01. The highest BCUT2D eigenvalue weighted by Crippen LogP contribution is 2.31. The van der Waals surface area contributed by atoms with Gasteiger partial charge in [-0.25, -0.2) is 0 Å². The average Bonchev–Trinajstić information content (AvgIpc) is 2.93. The van der Waals surface area contributed by atoms with E-state index in [4.69, 9.17) is 17.0 Å². The molecular formula is C11H13N3OS2. The van der Waals surface area contributed by atoms with Crippen molar-refractivity contribution in [2.45, 2.75) is 12.5 Å². The number of pyridine rings is 1. The van der Waals surface area contributed by atoms with Crippen LogP contribution in [0.15, 0.2) is 12.1 Å². The molecule has 0 bridgehead atoms. The second-order valence-electron chi connectivity index (χ2n) is 4.04. The standard InChI is InChI=1S/C11H13N3OS2/c1-15-9-3-2-8-10(13-9)14(11(16)12-8)7-4-5-17-6-7/h2-3,7H,4-6H2,1H3,(H,12,16). The summed E-state index contributed by atoms with van der Waals surface area (Å²) in [6.07, 6.45) is 1.16. The molecule has 0 saturated carbocycles. The fourth-order valence-electron chi connectivity index (χ4n) is 2.16. The third-order valence-electron chi connectivity index (χ3n) is 3.02. The second-order valence-corrected chi connectivity index (χ2v) is 5.58. The highest BCUT2D eigenvalue weighted by Gasteiger charge is 2.21. The molecule has 0 aliphatic carbocycles. The molecule has 90 valence electrons. The first-order chi connectivity index (χ1) is 8.29. The van der Waals surface area contributed by atoms with Gasteiger partial charge in [-0.1, -0.05) is 0 Å². The van der Waals surface area contributed by atoms with E-state index in [0.29, 0.717) is 11.9 Å². The predicted molar refractivity (Wildman–Crippen MR) is 72.4 cm³/mol. The fourth-order valence-corrected chi connectivity index (χ4v) is 3.70. The molecule has 6 heteroatoms. The monoisotopic (exact) mass is 267 g/mol. The molecule has 3 heterocycles. The lowest BCUT2D eigenvalue weighted by Crippen LogP contribution is -2.08. The SMILES string of the molecule is COc1ccc2[nH]c(=S)n(C3CCSC3)c2n1. The zero-order chi connectivity index (χ0) is 11.8. The Balaban J connectivity index is 2.20. The minimum absolute atomic E-state index is 0.459. The minimum Gasteiger partial charge on any atom is -0.481 e. The molecular weight excluding hydrogens is 254 g/mol. The number of methoxy groups -OCH3 is 1. The van der Waals surface area contributed by atoms with Gasteiger partial charge in [0.25, 0.3) is 0 Å². The van der Waals surface area contributed by atoms with E-state index >= 15 is 0 Å². The first-order valence-corrected chi connectivity index (χ1v) is 7.09. The summed E-state index contributed by atoms with van der Waals surface area (Å²) in [4.78, 5) is 7.70. The zero-order valence-corrected chi connectivity index (χ0v) is 11.1. The van der Waals surface area contributed by atoms with Crippen molar-refractivity contribution in [1.29, 1.82) is 0 Å². The van der Waals surface area contributed by atoms with Gasteiger partial charge in [0.05, 0.1) is 12.6 Å². The van der Waals surface area contributed by atoms with Crippen LogP contribution in [-0.2, 0) is 0 Å². The quantitative estimate of drug-likeness (QED) is 0.850. The van der Waals surface area contributed by atoms with Crippen LogP contribution in [0.3, 0.4) is 0 Å². The van der Waals surface area contributed by atoms with Gasteiger partial charge in [-0.05, 0) is 30.5 Å². The minimum atomic E-state index is 0.459. The van der Waals surface area contributed by atoms with Crippen molar-refractivity contribution in [1.82, 2.24) is 14.5 Å². The van der Waals surface area contributed by atoms with E-state index in [1.165, 1.54) is 5.75 Å². The normalized spacial score (nSPS) is 19.9. The molecule has 17 heavy (non-hydrogen) atoms. The van der Waals surface area contributed by atoms with Crippen molar-refractivity contribution in [3.05, 3.63) is 16.9 Å². The largest absolute Gasteiger partial charge is 0.481 e. The molecule has 0 aromatic carbocycles. The van der Waals surface area contributed by atoms with Crippen LogP contribution in [0.4, 0.5) is 0 Å². The topological polar surface area (TPSA) is 42.8 Å². The number of imidazole rings is 1. The van der Waals surface area contributed by atoms with E-state index in [9.17, 15) is 0 Å². The van der Waals surface area contributed by atoms with Gasteiger partial charge in [0, 0.05) is 17.9 Å². The van der Waals surface area contributed by atoms with Crippen molar-refractivity contribution in [3.63, 3.8) is 0 Å². The zero-order valence-electron chi connectivity index (χ0n) is 9.47. The number of H-pyrrole nitrogens is 1. The number of rotatable bonds is 2. The Morgan fingerprint density at radius 1 is 1.59 bits per heavy atom. The van der Waals surface area contributed by atoms with Gasteiger partial charge < -0.3 is 9.72 Å². The van der Waals surface area contributed by atoms with Crippen LogP contribution in [0, 0.1) is 4.77 Å². The number of hydrogen-bond donors (Lipinski definition) is 1. The first kappa shape index (κ1) is 11.1. The lowest BCUT2D eigenvalue weighted by atomic mass is 10.2. The van der Waals surface area contributed by atoms with E-state index in [2.05, 4.69) is 14.5 Å². The van der Waals surface area contributed by atoms with Gasteiger partial charge in [0.15, 0.2) is 10.4 Å². The van der Waals surface area contributed by atoms with Crippen LogP contribution < -0.4 is 4.74 Å². The van der Waals surface area contributed by atoms with Crippen molar-refractivity contribution in [2.24, 2.45) is 0 Å². The maximum Gasteiger partial charge on any atom is 0.215 e. The molecule has 1 aliphatic rings. The summed E-state index contributed by atoms with van der Waals surface area (Å²) < 4.78 is 8.06. The molecule has 3 rings (SSSR count). The summed E-state index contributed by atoms with van der Waals surface area (Å²) in [7, 11) is 1.63. The van der Waals surface area contributed by atoms with Gasteiger partial charge in [-0.15, -0.1) is 0 Å². The van der Waals surface area contributed by atoms with E-state index in [0.717, 1.165) is 28.1 Å². The summed E-state index contributed by atoms with van der Waals surface area (Å²) in [5.74, 6) is 2.94. The highest BCUT2D eigenvalue weighted by molar-refractivity contribution is 7.99. The number of hydrogen-bond acceptors (Lipinski definition) is 4. The van der Waals surface area contributed by atoms with Crippen LogP contribution in [0.1, 0.15) is 12.5 Å². The lowest BCUT2D eigenvalue weighted by molar-refractivity contribution is 0.398. The van der Waals surface area contributed by atoms with Crippen molar-refractivity contribution >= 4 is 35.1 Å². The molecule has 1 saturated heterocycles. The fraction of sp³-hybridized carbons (Fsp3) is 0.455. The Morgan fingerprint density at radius 3 is 3.18 bits per heavy atom. The molecule has 1 fully saturated rings. The van der Waals surface area contributed by atoms with E-state index < -0.39 is 0 Å². The summed E-state index contributed by atoms with van der Waals surface area (Å²) in [6.45, 7) is 0. The summed E-state index contributed by atoms with van der Waals surface area (Å²) in [6, 6.07) is 4.28. The van der Waals surface area contributed by atoms with Crippen LogP contribution in [-0.4, -0.2) is 33.2 Å². The van der Waals surface area contributed by atoms with Crippen LogP contribution in [0.5, 0.6) is 5.88 Å². The molecule has 0 radical (unpaired) electrons. The van der Waals surface area contributed by atoms with Crippen LogP contribution in [0.25, 0.3) is 11.2 Å². The number of ether oxygens (including phenoxy) is 1. The molecule has 1 N–H and O–H groups in total. The third-order valence-corrected chi connectivity index (χ3v) is 4.46. The Labute approximate surface area is 108 Å². The number of fused-ring (bicyclic) bond motifs is 1. The summed E-state index contributed by atoms with van der Waals surface area (Å²) in [5, 5.41) is 0. The van der Waals surface area contributed by atoms with Crippen molar-refractivity contribution in [3.8, 4) is 5.88 Å². The molecule has 2 aromatic rings. The van der Waals surface area contributed by atoms with Gasteiger partial charge in [-0.3, -0.25) is 4.57 Å². The summed E-state index contributed by atoms with van der Waals surface area (Å²) in [5.41, 5.74) is 1.88. The Bertz CT molecular complexity index is 598. The van der Waals surface area contributed by atoms with Crippen LogP contribution in [0.2, 0.25) is 0 Å². The number of nitrogens with one attached hydrogen (secondary N) is 1. The van der Waals surface area contributed by atoms with Crippen molar-refractivity contribution in [2.75, 3.05) is 18.6 Å². The molecule has 0 spiro atoms. The molecule has 1 unspecified atom stereocenters. The maximum absolute atomic E-state index is 5.39. The van der Waals surface area contributed by atoms with E-state index in [-0.39, 0.29) is 0 Å². The maximum atomic E-state index is 5.39. The number of nitrogens with zero attached hydrogens (tertiary/aromatic N) is 2. The van der Waals surface area contributed by atoms with Crippen LogP contribution >= 0.6 is 24.0 Å². The highest BCUT2D eigenvalue weighted by atomic mass is 32.2. The number of aromatic nitrogens is 3. The molecule has 1 atom stereocenters. The second kappa shape index (κ2) is 4.34. The Kier molecular flexibility index (Phi) is 2.84. The predicted octanol–water partition coefficient (Wildman–Crippen LogP) is 2.78. The Morgan fingerprint density at radius 2 is 2.47 bits per heavy atom. The number of thioether (sulfide) groups is 1. The van der Waals surface area contributed by atoms with Gasteiger partial charge in [0.2, 0.25) is 5.88 Å². The molecule has 4 nitrogen and oxygen atoms in total. The average molecular weight is 267 g/mol. The van der Waals surface area contributed by atoms with Gasteiger partial charge in [0.1, 0.15) is 0 Å². The molecule has 1 aliphatic heterocycles. The lowest BCUT2D eigenvalue weighted by Gasteiger charge is -2.11. The van der Waals surface area contributed by atoms with E-state index in [1.54, 1.807) is 7.11 Å². The molecule has 2 aromatic heterocycles. The molecule has 0 amide bonds. The number of aromatic amines is 1. The van der Waals surface area contributed by atoms with E-state index in [1.807, 2.05) is 23.9 Å². The van der Waals surface area contributed by atoms with Gasteiger partial charge in [-0.2, -0.15) is 16.7 Å². The summed E-state index contributed by atoms with van der Waals surface area (Å²) >= 11 is 7.35. The first-order valence-electron chi connectivity index (χ1n) is 5.52. The van der Waals surface area contributed by atoms with Crippen molar-refractivity contribution < 1.29 is 4.74 Å². The third kappa shape index (κ3) is 1.85. The smallest absolute Gasteiger partial charge is 0.215 e. The van der Waals surface area contributed by atoms with Gasteiger partial charge >= 0.3 is 0 Å².